The van der Waals surface area contributed by atoms with Crippen LogP contribution < -0.4 is 5.32 Å². The summed E-state index contributed by atoms with van der Waals surface area (Å²) in [4.78, 5) is 24.6. The Hall–Kier alpha value is -2.18. The van der Waals surface area contributed by atoms with E-state index in [0.29, 0.717) is 25.9 Å². The molecule has 2 atom stereocenters. The lowest BCUT2D eigenvalue weighted by Crippen LogP contribution is -2.45. The maximum absolute atomic E-state index is 12.5. The number of rotatable bonds is 75. The first-order valence-corrected chi connectivity index (χ1v) is 39.9. The number of carbonyl (C=O) groups excluding carboxylic acids is 2. The van der Waals surface area contributed by atoms with Crippen LogP contribution in [0.25, 0.3) is 0 Å². The second-order valence-electron chi connectivity index (χ2n) is 27.4. The third kappa shape index (κ3) is 72.9. The van der Waals surface area contributed by atoms with Gasteiger partial charge in [-0.3, -0.25) is 9.59 Å². The molecule has 1 amide bonds. The number of allylic oxidation sites excluding steroid dienone is 8. The first kappa shape index (κ1) is 85.8. The van der Waals surface area contributed by atoms with E-state index in [1.54, 1.807) is 0 Å². The van der Waals surface area contributed by atoms with E-state index in [2.05, 4.69) is 67.8 Å². The van der Waals surface area contributed by atoms with E-state index < -0.39 is 12.1 Å². The fraction of sp³-hybridized carbons (Fsp3) is 0.878. The molecule has 0 radical (unpaired) electrons. The summed E-state index contributed by atoms with van der Waals surface area (Å²) < 4.78 is 5.51. The maximum Gasteiger partial charge on any atom is 0.305 e. The molecule has 0 heterocycles. The van der Waals surface area contributed by atoms with Gasteiger partial charge in [0.15, 0.2) is 0 Å². The number of amides is 1. The van der Waals surface area contributed by atoms with Gasteiger partial charge < -0.3 is 20.3 Å². The van der Waals surface area contributed by atoms with Gasteiger partial charge in [-0.1, -0.05) is 383 Å². The first-order valence-electron chi connectivity index (χ1n) is 39.9. The monoisotopic (exact) mass is 1230 g/mol. The quantitative estimate of drug-likeness (QED) is 0.0320. The van der Waals surface area contributed by atoms with Gasteiger partial charge >= 0.3 is 5.97 Å². The smallest absolute Gasteiger partial charge is 0.305 e. The van der Waals surface area contributed by atoms with Gasteiger partial charge in [-0.15, -0.1) is 0 Å². The van der Waals surface area contributed by atoms with Crippen molar-refractivity contribution in [3.8, 4) is 0 Å². The Balaban J connectivity index is 3.33. The second-order valence-corrected chi connectivity index (χ2v) is 27.4. The molecular formula is C82H155NO5. The Morgan fingerprint density at radius 1 is 0.318 bits per heavy atom. The van der Waals surface area contributed by atoms with Crippen molar-refractivity contribution < 1.29 is 24.5 Å². The second kappa shape index (κ2) is 77.3. The molecule has 0 aromatic carbocycles. The number of carbonyl (C=O) groups is 2. The highest BCUT2D eigenvalue weighted by atomic mass is 16.5. The zero-order chi connectivity index (χ0) is 63.5. The standard InChI is InChI=1S/C82H155NO5/c1-3-5-7-9-11-13-15-17-18-19-41-45-48-52-56-60-64-68-72-76-82(87)88-77-73-69-65-61-57-53-49-46-43-40-38-36-34-32-30-28-26-24-22-20-21-23-25-27-29-31-33-35-37-39-42-44-47-51-55-59-63-67-71-75-81(86)83-79(78-84)80(85)74-70-66-62-58-54-50-16-14-12-10-8-6-4-2/h11,13,17-18,20-21,24,26,79-80,84-85H,3-10,12,14-16,19,22-23,25,27-78H2,1-2H3,(H,83,86)/b13-11-,18-17-,21-20-,26-24-. The summed E-state index contributed by atoms with van der Waals surface area (Å²) in [6, 6.07) is -0.539. The summed E-state index contributed by atoms with van der Waals surface area (Å²) in [5, 5.41) is 23.3. The van der Waals surface area contributed by atoms with E-state index in [-0.39, 0.29) is 18.5 Å². The molecule has 0 aliphatic carbocycles. The van der Waals surface area contributed by atoms with Crippen molar-refractivity contribution in [3.05, 3.63) is 48.6 Å². The zero-order valence-electron chi connectivity index (χ0n) is 59.5. The average molecular weight is 1240 g/mol. The van der Waals surface area contributed by atoms with Crippen molar-refractivity contribution >= 4 is 11.9 Å². The molecule has 0 saturated heterocycles. The third-order valence-corrected chi connectivity index (χ3v) is 18.6. The first-order chi connectivity index (χ1) is 43.5. The molecular weight excluding hydrogens is 1080 g/mol. The number of nitrogens with one attached hydrogen (secondary N) is 1. The summed E-state index contributed by atoms with van der Waals surface area (Å²) in [5.74, 6) is -0.0129. The molecule has 0 aromatic rings. The van der Waals surface area contributed by atoms with Gasteiger partial charge in [0.2, 0.25) is 5.91 Å². The molecule has 0 aromatic heterocycles. The van der Waals surface area contributed by atoms with Crippen LogP contribution in [0.15, 0.2) is 48.6 Å². The van der Waals surface area contributed by atoms with Gasteiger partial charge in [0.25, 0.3) is 0 Å². The predicted molar refractivity (Wildman–Crippen MR) is 389 cm³/mol. The Bertz CT molecular complexity index is 1470. The summed E-state index contributed by atoms with van der Waals surface area (Å²) in [6.07, 6.45) is 102. The molecule has 6 nitrogen and oxygen atoms in total. The molecule has 0 spiro atoms. The van der Waals surface area contributed by atoms with Crippen molar-refractivity contribution in [2.45, 2.75) is 450 Å². The van der Waals surface area contributed by atoms with Gasteiger partial charge in [0.05, 0.1) is 25.4 Å². The minimum Gasteiger partial charge on any atom is -0.466 e. The van der Waals surface area contributed by atoms with Crippen molar-refractivity contribution in [1.29, 1.82) is 0 Å². The molecule has 0 aliphatic rings. The number of aliphatic hydroxyl groups is 2. The zero-order valence-corrected chi connectivity index (χ0v) is 59.5. The van der Waals surface area contributed by atoms with Gasteiger partial charge in [0.1, 0.15) is 0 Å². The van der Waals surface area contributed by atoms with E-state index in [4.69, 9.17) is 4.74 Å². The lowest BCUT2D eigenvalue weighted by atomic mass is 10.0. The fourth-order valence-electron chi connectivity index (χ4n) is 12.5. The summed E-state index contributed by atoms with van der Waals surface area (Å²) in [7, 11) is 0. The van der Waals surface area contributed by atoms with E-state index >= 15 is 0 Å². The van der Waals surface area contributed by atoms with Crippen LogP contribution in [0.5, 0.6) is 0 Å². The number of hydrogen-bond acceptors (Lipinski definition) is 5. The Morgan fingerprint density at radius 3 is 0.886 bits per heavy atom. The molecule has 3 N–H and O–H groups in total. The van der Waals surface area contributed by atoms with E-state index in [0.717, 1.165) is 57.8 Å². The highest BCUT2D eigenvalue weighted by Gasteiger charge is 2.20. The van der Waals surface area contributed by atoms with Crippen LogP contribution in [0.4, 0.5) is 0 Å². The molecule has 0 aliphatic heterocycles. The molecule has 6 heteroatoms. The average Bonchev–Trinajstić information content (AvgIpc) is 3.54. The van der Waals surface area contributed by atoms with E-state index in [1.807, 2.05) is 0 Å². The van der Waals surface area contributed by atoms with Crippen LogP contribution in [0.2, 0.25) is 0 Å². The van der Waals surface area contributed by atoms with Crippen LogP contribution in [-0.2, 0) is 14.3 Å². The Morgan fingerprint density at radius 2 is 0.568 bits per heavy atom. The Kier molecular flexibility index (Phi) is 75.4. The lowest BCUT2D eigenvalue weighted by molar-refractivity contribution is -0.143. The van der Waals surface area contributed by atoms with Gasteiger partial charge in [0, 0.05) is 12.8 Å². The Labute approximate surface area is 550 Å². The third-order valence-electron chi connectivity index (χ3n) is 18.6. The molecule has 2 unspecified atom stereocenters. The van der Waals surface area contributed by atoms with Gasteiger partial charge in [-0.05, 0) is 89.9 Å². The number of ether oxygens (including phenoxy) is 1. The van der Waals surface area contributed by atoms with Crippen LogP contribution in [0.1, 0.15) is 438 Å². The highest BCUT2D eigenvalue weighted by Crippen LogP contribution is 2.19. The topological polar surface area (TPSA) is 95.9 Å². The summed E-state index contributed by atoms with van der Waals surface area (Å²) in [6.45, 7) is 4.96. The molecule has 0 saturated carbocycles. The van der Waals surface area contributed by atoms with Gasteiger partial charge in [-0.2, -0.15) is 0 Å². The SMILES string of the molecule is CCCCC/C=C\C/C=C\CCCCCCCCCCCC(=O)OCCCCCCCCCCCCCCCCC/C=C\C/C=C\CCCCCCCCCCCCCCCCCCCC(=O)NC(CO)C(O)CCCCCCCCCCCCCCC. The highest BCUT2D eigenvalue weighted by molar-refractivity contribution is 5.76. The van der Waals surface area contributed by atoms with Crippen LogP contribution in [0.3, 0.4) is 0 Å². The predicted octanol–water partition coefficient (Wildman–Crippen LogP) is 26.4. The van der Waals surface area contributed by atoms with E-state index in [1.165, 1.54) is 347 Å². The lowest BCUT2D eigenvalue weighted by Gasteiger charge is -2.22. The maximum atomic E-state index is 12.5. The molecule has 0 bridgehead atoms. The van der Waals surface area contributed by atoms with Gasteiger partial charge in [-0.25, -0.2) is 0 Å². The van der Waals surface area contributed by atoms with E-state index in [9.17, 15) is 19.8 Å². The van der Waals surface area contributed by atoms with Crippen LogP contribution in [-0.4, -0.2) is 47.4 Å². The normalized spacial score (nSPS) is 12.7. The molecule has 0 rings (SSSR count). The van der Waals surface area contributed by atoms with Crippen molar-refractivity contribution in [1.82, 2.24) is 5.32 Å². The molecule has 0 fully saturated rings. The summed E-state index contributed by atoms with van der Waals surface area (Å²) >= 11 is 0. The molecule has 518 valence electrons. The number of aliphatic hydroxyl groups excluding tert-OH is 2. The minimum absolute atomic E-state index is 0.0169. The number of hydrogen-bond donors (Lipinski definition) is 3. The number of esters is 1. The number of unbranched alkanes of at least 4 members (excludes halogenated alkanes) is 56. The molecule has 88 heavy (non-hydrogen) atoms. The fourth-order valence-corrected chi connectivity index (χ4v) is 12.5. The van der Waals surface area contributed by atoms with Crippen LogP contribution >= 0.6 is 0 Å². The van der Waals surface area contributed by atoms with Crippen molar-refractivity contribution in [2.24, 2.45) is 0 Å². The van der Waals surface area contributed by atoms with Crippen molar-refractivity contribution in [2.75, 3.05) is 13.2 Å². The summed E-state index contributed by atoms with van der Waals surface area (Å²) in [5.41, 5.74) is 0. The van der Waals surface area contributed by atoms with Crippen molar-refractivity contribution in [3.63, 3.8) is 0 Å². The largest absolute Gasteiger partial charge is 0.466 e. The minimum atomic E-state index is -0.662. The van der Waals surface area contributed by atoms with Crippen LogP contribution in [0, 0.1) is 0 Å².